The fourth-order valence-electron chi connectivity index (χ4n) is 1.09. The lowest BCUT2D eigenvalue weighted by Crippen LogP contribution is -2.03. The zero-order chi connectivity index (χ0) is 10.8. The Kier molecular flexibility index (Phi) is 2.59. The van der Waals surface area contributed by atoms with Crippen LogP contribution in [0.2, 0.25) is 0 Å². The average molecular weight is 226 g/mol. The normalized spacial score (nSPS) is 10.5. The van der Waals surface area contributed by atoms with Crippen LogP contribution in [0.25, 0.3) is 10.2 Å². The molecule has 0 spiro atoms. The fourth-order valence-corrected chi connectivity index (χ4v) is 1.94. The highest BCUT2D eigenvalue weighted by Crippen LogP contribution is 2.22. The van der Waals surface area contributed by atoms with Gasteiger partial charge in [0.05, 0.1) is 17.5 Å². The number of esters is 1. The minimum Gasteiger partial charge on any atom is -0.461 e. The van der Waals surface area contributed by atoms with E-state index in [0.29, 0.717) is 16.8 Å². The molecule has 2 aromatic rings. The summed E-state index contributed by atoms with van der Waals surface area (Å²) >= 11 is 1.09. The summed E-state index contributed by atoms with van der Waals surface area (Å²) in [5.41, 5.74) is 0.504. The number of ether oxygens (including phenoxy) is 1. The Bertz CT molecular complexity index is 512. The first kappa shape index (κ1) is 9.97. The fraction of sp³-hybridized carbons (Fsp3) is 0.222. The van der Waals surface area contributed by atoms with Crippen molar-refractivity contribution in [3.8, 4) is 0 Å². The van der Waals surface area contributed by atoms with Crippen molar-refractivity contribution in [1.82, 2.24) is 9.97 Å². The number of thiazole rings is 1. The van der Waals surface area contributed by atoms with Crippen LogP contribution in [-0.4, -0.2) is 22.5 Å². The lowest BCUT2D eigenvalue weighted by Gasteiger charge is -1.94. The van der Waals surface area contributed by atoms with Crippen LogP contribution in [0.3, 0.4) is 0 Å². The number of nitrogens with zero attached hydrogens (tertiary/aromatic N) is 2. The number of rotatable bonds is 2. The molecule has 0 aliphatic heterocycles. The standard InChI is InChI=1S/C9H7FN2O2S/c1-2-14-9(13)8-12-5-4-11-7(10)3-6(5)15-8/h3-4H,2H2,1H3. The first-order valence-corrected chi connectivity index (χ1v) is 5.11. The first-order chi connectivity index (χ1) is 7.20. The quantitative estimate of drug-likeness (QED) is 0.580. The number of aromatic nitrogens is 2. The van der Waals surface area contributed by atoms with Crippen molar-refractivity contribution in [2.75, 3.05) is 6.61 Å². The summed E-state index contributed by atoms with van der Waals surface area (Å²) in [5, 5.41) is 0.222. The van der Waals surface area contributed by atoms with Crippen LogP contribution < -0.4 is 0 Å². The summed E-state index contributed by atoms with van der Waals surface area (Å²) < 4.78 is 18.1. The van der Waals surface area contributed by atoms with Gasteiger partial charge in [-0.25, -0.2) is 14.8 Å². The Hall–Kier alpha value is -1.56. The van der Waals surface area contributed by atoms with Crippen molar-refractivity contribution in [2.45, 2.75) is 6.92 Å². The third-order valence-electron chi connectivity index (χ3n) is 1.69. The number of carbonyl (C=O) groups is 1. The minimum absolute atomic E-state index is 0.222. The van der Waals surface area contributed by atoms with Crippen LogP contribution in [-0.2, 0) is 4.74 Å². The predicted octanol–water partition coefficient (Wildman–Crippen LogP) is 2.01. The van der Waals surface area contributed by atoms with Gasteiger partial charge in [-0.05, 0) is 6.92 Å². The van der Waals surface area contributed by atoms with Gasteiger partial charge in [0, 0.05) is 6.07 Å². The number of carbonyl (C=O) groups excluding carboxylic acids is 1. The molecule has 15 heavy (non-hydrogen) atoms. The largest absolute Gasteiger partial charge is 0.461 e. The number of hydrogen-bond donors (Lipinski definition) is 0. The van der Waals surface area contributed by atoms with Crippen molar-refractivity contribution in [3.05, 3.63) is 23.2 Å². The Labute approximate surface area is 88.7 Å². The Morgan fingerprint density at radius 2 is 2.47 bits per heavy atom. The molecule has 0 atom stereocenters. The van der Waals surface area contributed by atoms with Gasteiger partial charge in [-0.1, -0.05) is 0 Å². The third-order valence-corrected chi connectivity index (χ3v) is 2.69. The summed E-state index contributed by atoms with van der Waals surface area (Å²) in [4.78, 5) is 18.7. The lowest BCUT2D eigenvalue weighted by atomic mass is 10.4. The molecule has 0 amide bonds. The van der Waals surface area contributed by atoms with Gasteiger partial charge in [0.2, 0.25) is 11.0 Å². The van der Waals surface area contributed by atoms with E-state index in [9.17, 15) is 9.18 Å². The zero-order valence-electron chi connectivity index (χ0n) is 7.86. The molecule has 2 aromatic heterocycles. The molecule has 2 heterocycles. The second-order valence-corrected chi connectivity index (χ2v) is 3.74. The maximum Gasteiger partial charge on any atom is 0.367 e. The molecule has 6 heteroatoms. The first-order valence-electron chi connectivity index (χ1n) is 4.30. The number of pyridine rings is 1. The third kappa shape index (κ3) is 1.94. The van der Waals surface area contributed by atoms with Gasteiger partial charge < -0.3 is 4.74 Å². The molecule has 0 radical (unpaired) electrons. The monoisotopic (exact) mass is 226 g/mol. The van der Waals surface area contributed by atoms with E-state index in [0.717, 1.165) is 11.3 Å². The van der Waals surface area contributed by atoms with Gasteiger partial charge in [-0.15, -0.1) is 11.3 Å². The summed E-state index contributed by atoms with van der Waals surface area (Å²) in [6, 6.07) is 1.25. The topological polar surface area (TPSA) is 52.1 Å². The van der Waals surface area contributed by atoms with E-state index < -0.39 is 11.9 Å². The molecule has 0 saturated carbocycles. The number of halogens is 1. The molecule has 0 bridgehead atoms. The minimum atomic E-state index is -0.582. The van der Waals surface area contributed by atoms with Gasteiger partial charge in [-0.3, -0.25) is 0 Å². The molecule has 0 aliphatic carbocycles. The zero-order valence-corrected chi connectivity index (χ0v) is 8.68. The van der Waals surface area contributed by atoms with Gasteiger partial charge in [-0.2, -0.15) is 4.39 Å². The predicted molar refractivity (Wildman–Crippen MR) is 53.3 cm³/mol. The summed E-state index contributed by atoms with van der Waals surface area (Å²) in [6.45, 7) is 2.01. The van der Waals surface area contributed by atoms with Crippen LogP contribution in [0.5, 0.6) is 0 Å². The van der Waals surface area contributed by atoms with Crippen molar-refractivity contribution < 1.29 is 13.9 Å². The second kappa shape index (κ2) is 3.90. The molecule has 0 unspecified atom stereocenters. The Balaban J connectivity index is 2.42. The highest BCUT2D eigenvalue weighted by molar-refractivity contribution is 7.20. The van der Waals surface area contributed by atoms with Crippen LogP contribution in [0.1, 0.15) is 16.7 Å². The molecule has 0 aromatic carbocycles. The van der Waals surface area contributed by atoms with Crippen LogP contribution in [0.15, 0.2) is 12.3 Å². The van der Waals surface area contributed by atoms with Crippen molar-refractivity contribution in [2.24, 2.45) is 0 Å². The molecular weight excluding hydrogens is 219 g/mol. The van der Waals surface area contributed by atoms with Gasteiger partial charge in [0.15, 0.2) is 0 Å². The molecule has 0 aliphatic rings. The van der Waals surface area contributed by atoms with Crippen LogP contribution in [0, 0.1) is 5.95 Å². The average Bonchev–Trinajstić information content (AvgIpc) is 2.60. The van der Waals surface area contributed by atoms with Crippen molar-refractivity contribution >= 4 is 27.5 Å². The highest BCUT2D eigenvalue weighted by Gasteiger charge is 2.13. The SMILES string of the molecule is CCOC(=O)c1nc2cnc(F)cc2s1. The maximum absolute atomic E-state index is 12.7. The van der Waals surface area contributed by atoms with E-state index >= 15 is 0 Å². The van der Waals surface area contributed by atoms with Crippen LogP contribution >= 0.6 is 11.3 Å². The van der Waals surface area contributed by atoms with Crippen LogP contribution in [0.4, 0.5) is 4.39 Å². The molecular formula is C9H7FN2O2S. The second-order valence-electron chi connectivity index (χ2n) is 2.71. The summed E-state index contributed by atoms with van der Waals surface area (Å²) in [7, 11) is 0. The van der Waals surface area contributed by atoms with E-state index in [-0.39, 0.29) is 5.01 Å². The van der Waals surface area contributed by atoms with Gasteiger partial charge in [0.25, 0.3) is 0 Å². The molecule has 0 fully saturated rings. The molecule has 4 nitrogen and oxygen atoms in total. The van der Waals surface area contributed by atoms with E-state index in [4.69, 9.17) is 4.74 Å². The smallest absolute Gasteiger partial charge is 0.367 e. The van der Waals surface area contributed by atoms with Gasteiger partial charge in [0.1, 0.15) is 5.52 Å². The Morgan fingerprint density at radius 3 is 3.20 bits per heavy atom. The molecule has 78 valence electrons. The summed E-state index contributed by atoms with van der Waals surface area (Å²) in [5.74, 6) is -1.07. The molecule has 0 N–H and O–H groups in total. The van der Waals surface area contributed by atoms with E-state index in [1.165, 1.54) is 12.3 Å². The highest BCUT2D eigenvalue weighted by atomic mass is 32.1. The molecule has 2 rings (SSSR count). The van der Waals surface area contributed by atoms with Crippen molar-refractivity contribution in [1.29, 1.82) is 0 Å². The Morgan fingerprint density at radius 1 is 1.67 bits per heavy atom. The van der Waals surface area contributed by atoms with E-state index in [2.05, 4.69) is 9.97 Å². The number of fused-ring (bicyclic) bond motifs is 1. The van der Waals surface area contributed by atoms with E-state index in [1.54, 1.807) is 6.92 Å². The van der Waals surface area contributed by atoms with Gasteiger partial charge >= 0.3 is 5.97 Å². The number of hydrogen-bond acceptors (Lipinski definition) is 5. The molecule has 0 saturated heterocycles. The summed E-state index contributed by atoms with van der Waals surface area (Å²) in [6.07, 6.45) is 1.30. The lowest BCUT2D eigenvalue weighted by molar-refractivity contribution is 0.0526. The maximum atomic E-state index is 12.7. The van der Waals surface area contributed by atoms with E-state index in [1.807, 2.05) is 0 Å². The van der Waals surface area contributed by atoms with Crippen molar-refractivity contribution in [3.63, 3.8) is 0 Å².